The van der Waals surface area contributed by atoms with Crippen LogP contribution in [0.2, 0.25) is 5.02 Å². The van der Waals surface area contributed by atoms with Crippen LogP contribution in [0.4, 0.5) is 23.7 Å². The Morgan fingerprint density at radius 2 is 1.92 bits per heavy atom. The fourth-order valence-electron chi connectivity index (χ4n) is 1.91. The fourth-order valence-corrected chi connectivity index (χ4v) is 2.10. The van der Waals surface area contributed by atoms with Gasteiger partial charge in [0.25, 0.3) is 0 Å². The first-order valence-corrected chi connectivity index (χ1v) is 7.24. The average molecular weight is 359 g/mol. The van der Waals surface area contributed by atoms with E-state index in [-0.39, 0.29) is 17.3 Å². The Labute approximate surface area is 141 Å². The van der Waals surface area contributed by atoms with Gasteiger partial charge in [-0.3, -0.25) is 0 Å². The van der Waals surface area contributed by atoms with Gasteiger partial charge in [0.2, 0.25) is 0 Å². The highest BCUT2D eigenvalue weighted by Gasteiger charge is 2.11. The maximum atomic E-state index is 13.1. The zero-order valence-electron chi connectivity index (χ0n) is 12.6. The van der Waals surface area contributed by atoms with E-state index in [1.165, 1.54) is 29.2 Å². The lowest BCUT2D eigenvalue weighted by Gasteiger charge is -2.18. The Morgan fingerprint density at radius 1 is 1.25 bits per heavy atom. The molecule has 0 radical (unpaired) electrons. The summed E-state index contributed by atoms with van der Waals surface area (Å²) in [4.78, 5) is 13.5. The molecular formula is C16H14ClF3N2O2. The highest BCUT2D eigenvalue weighted by atomic mass is 35.5. The van der Waals surface area contributed by atoms with Gasteiger partial charge in [0, 0.05) is 19.3 Å². The van der Waals surface area contributed by atoms with E-state index in [0.717, 1.165) is 11.6 Å². The summed E-state index contributed by atoms with van der Waals surface area (Å²) < 4.78 is 41.5. The molecule has 0 saturated heterocycles. The smallest absolute Gasteiger partial charge is 0.387 e. The van der Waals surface area contributed by atoms with Crippen LogP contribution in [0.1, 0.15) is 5.56 Å². The van der Waals surface area contributed by atoms with Gasteiger partial charge < -0.3 is 15.0 Å². The molecule has 4 nitrogen and oxygen atoms in total. The first-order valence-electron chi connectivity index (χ1n) is 6.86. The van der Waals surface area contributed by atoms with Gasteiger partial charge in [-0.25, -0.2) is 9.18 Å². The molecule has 128 valence electrons. The van der Waals surface area contributed by atoms with Crippen LogP contribution >= 0.6 is 11.6 Å². The van der Waals surface area contributed by atoms with E-state index in [0.29, 0.717) is 5.69 Å². The predicted molar refractivity (Wildman–Crippen MR) is 85.0 cm³/mol. The first-order chi connectivity index (χ1) is 11.3. The number of ether oxygens (including phenoxy) is 1. The second-order valence-corrected chi connectivity index (χ2v) is 5.34. The normalized spacial score (nSPS) is 10.6. The topological polar surface area (TPSA) is 41.6 Å². The van der Waals surface area contributed by atoms with Crippen molar-refractivity contribution in [1.82, 2.24) is 4.90 Å². The largest absolute Gasteiger partial charge is 0.435 e. The van der Waals surface area contributed by atoms with E-state index >= 15 is 0 Å². The van der Waals surface area contributed by atoms with Crippen LogP contribution in [-0.4, -0.2) is 24.6 Å². The van der Waals surface area contributed by atoms with Crippen molar-refractivity contribution < 1.29 is 22.7 Å². The number of urea groups is 1. The number of nitrogens with one attached hydrogen (secondary N) is 1. The zero-order chi connectivity index (χ0) is 17.7. The van der Waals surface area contributed by atoms with Crippen molar-refractivity contribution in [2.45, 2.75) is 13.2 Å². The van der Waals surface area contributed by atoms with E-state index in [4.69, 9.17) is 11.6 Å². The Balaban J connectivity index is 1.94. The lowest BCUT2D eigenvalue weighted by Crippen LogP contribution is -2.30. The Hall–Kier alpha value is -2.41. The maximum absolute atomic E-state index is 13.1. The van der Waals surface area contributed by atoms with Crippen LogP contribution in [0.25, 0.3) is 0 Å². The summed E-state index contributed by atoms with van der Waals surface area (Å²) in [5.41, 5.74) is 1.09. The van der Waals surface area contributed by atoms with Crippen LogP contribution in [0, 0.1) is 5.82 Å². The van der Waals surface area contributed by atoms with Crippen molar-refractivity contribution in [3.8, 4) is 5.75 Å². The molecule has 0 heterocycles. The summed E-state index contributed by atoms with van der Waals surface area (Å²) in [5.74, 6) is -0.532. The average Bonchev–Trinajstić information content (AvgIpc) is 2.52. The van der Waals surface area contributed by atoms with Gasteiger partial charge in [-0.1, -0.05) is 23.7 Å². The Kier molecular flexibility index (Phi) is 5.92. The number of carbonyl (C=O) groups excluding carboxylic acids is 1. The van der Waals surface area contributed by atoms with E-state index in [9.17, 15) is 18.0 Å². The molecule has 2 rings (SSSR count). The van der Waals surface area contributed by atoms with Gasteiger partial charge in [-0.05, 0) is 35.9 Å². The Morgan fingerprint density at radius 3 is 2.50 bits per heavy atom. The fraction of sp³-hybridized carbons (Fsp3) is 0.188. The van der Waals surface area contributed by atoms with Crippen LogP contribution in [-0.2, 0) is 6.54 Å². The third kappa shape index (κ3) is 5.06. The summed E-state index contributed by atoms with van der Waals surface area (Å²) in [6.45, 7) is -2.64. The number of halogens is 4. The molecule has 0 aliphatic rings. The van der Waals surface area contributed by atoms with Crippen LogP contribution in [0.5, 0.6) is 5.75 Å². The first kappa shape index (κ1) is 17.9. The van der Waals surface area contributed by atoms with E-state index < -0.39 is 18.5 Å². The Bertz CT molecular complexity index is 711. The highest BCUT2D eigenvalue weighted by Crippen LogP contribution is 2.20. The molecule has 0 aliphatic heterocycles. The number of rotatable bonds is 5. The molecule has 8 heteroatoms. The number of benzene rings is 2. The number of hydrogen-bond donors (Lipinski definition) is 1. The van der Waals surface area contributed by atoms with Crippen LogP contribution < -0.4 is 10.1 Å². The number of hydrogen-bond acceptors (Lipinski definition) is 2. The third-order valence-electron chi connectivity index (χ3n) is 3.09. The van der Waals surface area contributed by atoms with E-state index in [1.807, 2.05) is 0 Å². The minimum absolute atomic E-state index is 0.0433. The monoisotopic (exact) mass is 358 g/mol. The molecule has 0 saturated carbocycles. The SMILES string of the molecule is CN(Cc1ccc(OC(F)F)cc1)C(=O)Nc1ccc(F)c(Cl)c1. The van der Waals surface area contributed by atoms with Gasteiger partial charge in [-0.2, -0.15) is 8.78 Å². The molecule has 0 unspecified atom stereocenters. The predicted octanol–water partition coefficient (Wildman–Crippen LogP) is 4.74. The number of anilines is 1. The number of alkyl halides is 2. The van der Waals surface area contributed by atoms with Crippen molar-refractivity contribution in [2.75, 3.05) is 12.4 Å². The molecule has 2 aromatic rings. The van der Waals surface area contributed by atoms with Gasteiger partial charge in [0.05, 0.1) is 5.02 Å². The van der Waals surface area contributed by atoms with E-state index in [2.05, 4.69) is 10.1 Å². The summed E-state index contributed by atoms with van der Waals surface area (Å²) in [7, 11) is 1.56. The molecule has 0 spiro atoms. The molecule has 2 amide bonds. The molecule has 24 heavy (non-hydrogen) atoms. The summed E-state index contributed by atoms with van der Waals surface area (Å²) in [5, 5.41) is 2.49. The summed E-state index contributed by atoms with van der Waals surface area (Å²) in [6.07, 6.45) is 0. The quantitative estimate of drug-likeness (QED) is 0.838. The second kappa shape index (κ2) is 7.92. The standard InChI is InChI=1S/C16H14ClF3N2O2/c1-22(9-10-2-5-12(6-3-10)24-15(19)20)16(23)21-11-4-7-14(18)13(17)8-11/h2-8,15H,9H2,1H3,(H,21,23). The molecular weight excluding hydrogens is 345 g/mol. The molecule has 0 fully saturated rings. The molecule has 0 bridgehead atoms. The second-order valence-electron chi connectivity index (χ2n) is 4.94. The zero-order valence-corrected chi connectivity index (χ0v) is 13.4. The van der Waals surface area contributed by atoms with Gasteiger partial charge in [0.1, 0.15) is 11.6 Å². The van der Waals surface area contributed by atoms with Crippen LogP contribution in [0.15, 0.2) is 42.5 Å². The van der Waals surface area contributed by atoms with E-state index in [1.54, 1.807) is 19.2 Å². The van der Waals surface area contributed by atoms with Crippen molar-refractivity contribution in [3.05, 3.63) is 58.9 Å². The molecule has 1 N–H and O–H groups in total. The lowest BCUT2D eigenvalue weighted by atomic mass is 10.2. The summed E-state index contributed by atoms with van der Waals surface area (Å²) >= 11 is 5.65. The van der Waals surface area contributed by atoms with Crippen molar-refractivity contribution in [1.29, 1.82) is 0 Å². The van der Waals surface area contributed by atoms with Crippen molar-refractivity contribution in [2.24, 2.45) is 0 Å². The van der Waals surface area contributed by atoms with Gasteiger partial charge in [-0.15, -0.1) is 0 Å². The minimum Gasteiger partial charge on any atom is -0.435 e. The molecule has 2 aromatic carbocycles. The molecule has 0 atom stereocenters. The van der Waals surface area contributed by atoms with Crippen molar-refractivity contribution in [3.63, 3.8) is 0 Å². The number of nitrogens with zero attached hydrogens (tertiary/aromatic N) is 1. The minimum atomic E-state index is -2.88. The maximum Gasteiger partial charge on any atom is 0.387 e. The lowest BCUT2D eigenvalue weighted by molar-refractivity contribution is -0.0498. The van der Waals surface area contributed by atoms with Gasteiger partial charge in [0.15, 0.2) is 0 Å². The highest BCUT2D eigenvalue weighted by molar-refractivity contribution is 6.31. The molecule has 0 aliphatic carbocycles. The van der Waals surface area contributed by atoms with Gasteiger partial charge >= 0.3 is 12.6 Å². The number of amides is 2. The number of carbonyl (C=O) groups is 1. The van der Waals surface area contributed by atoms with Crippen molar-refractivity contribution >= 4 is 23.3 Å². The molecule has 0 aromatic heterocycles. The van der Waals surface area contributed by atoms with Crippen LogP contribution in [0.3, 0.4) is 0 Å². The summed E-state index contributed by atoms with van der Waals surface area (Å²) in [6, 6.07) is 9.37. The third-order valence-corrected chi connectivity index (χ3v) is 3.38.